The number of rotatable bonds is 5. The molecule has 2 unspecified atom stereocenters. The third kappa shape index (κ3) is 4.04. The molecule has 3 aliphatic carbocycles. The smallest absolute Gasteiger partial charge is 0.337 e. The summed E-state index contributed by atoms with van der Waals surface area (Å²) in [7, 11) is 0.689. The number of aliphatic hydroxyl groups excluding tert-OH is 2. The minimum absolute atomic E-state index is 0.0711. The number of hydrogen-bond acceptors (Lipinski definition) is 9. The maximum absolute atomic E-state index is 13.2. The van der Waals surface area contributed by atoms with Crippen LogP contribution in [0, 0.1) is 22.7 Å². The molecule has 1 saturated carbocycles. The maximum Gasteiger partial charge on any atom is 0.337 e. The highest BCUT2D eigenvalue weighted by Crippen LogP contribution is 2.68. The van der Waals surface area contributed by atoms with Gasteiger partial charge in [-0.15, -0.1) is 0 Å². The molecule has 40 heavy (non-hydrogen) atoms. The van der Waals surface area contributed by atoms with Crippen LogP contribution in [0.4, 0.5) is 0 Å². The number of esters is 1. The van der Waals surface area contributed by atoms with Crippen molar-refractivity contribution in [2.75, 3.05) is 34.0 Å². The van der Waals surface area contributed by atoms with Gasteiger partial charge in [0.15, 0.2) is 14.1 Å². The highest BCUT2D eigenvalue weighted by Gasteiger charge is 2.71. The largest absolute Gasteiger partial charge is 0.504 e. The van der Waals surface area contributed by atoms with Gasteiger partial charge < -0.3 is 38.3 Å². The predicted octanol–water partition coefficient (Wildman–Crippen LogP) is 3.70. The highest BCUT2D eigenvalue weighted by atomic mass is 28.4. The number of methoxy groups -OCH3 is 2. The third-order valence-corrected chi connectivity index (χ3v) is 15.8. The Morgan fingerprint density at radius 3 is 2.35 bits per heavy atom. The molecule has 5 aliphatic rings. The van der Waals surface area contributed by atoms with Gasteiger partial charge in [-0.3, -0.25) is 0 Å². The minimum Gasteiger partial charge on any atom is -0.504 e. The van der Waals surface area contributed by atoms with E-state index in [1.54, 1.807) is 7.11 Å². The highest BCUT2D eigenvalue weighted by molar-refractivity contribution is 6.74. The number of carbonyl (C=O) groups excluding carboxylic acids is 1. The topological polar surface area (TPSA) is 113 Å². The zero-order valence-electron chi connectivity index (χ0n) is 25.5. The summed E-state index contributed by atoms with van der Waals surface area (Å²) in [5.41, 5.74) is 0.529. The zero-order valence-corrected chi connectivity index (χ0v) is 26.5. The van der Waals surface area contributed by atoms with E-state index in [0.717, 1.165) is 17.6 Å². The lowest BCUT2D eigenvalue weighted by atomic mass is 9.49. The molecule has 1 spiro atoms. The van der Waals surface area contributed by atoms with E-state index in [2.05, 4.69) is 40.8 Å². The minimum atomic E-state index is -2.35. The first-order chi connectivity index (χ1) is 18.6. The van der Waals surface area contributed by atoms with Crippen LogP contribution >= 0.6 is 0 Å². The number of fused-ring (bicyclic) bond motifs is 5. The van der Waals surface area contributed by atoms with Crippen molar-refractivity contribution in [2.45, 2.75) is 102 Å². The van der Waals surface area contributed by atoms with Gasteiger partial charge in [0.25, 0.3) is 0 Å². The second kappa shape index (κ2) is 9.89. The van der Waals surface area contributed by atoms with Crippen molar-refractivity contribution >= 4 is 14.3 Å². The SMILES string of the molecule is CO/C=C1\C(=O)O[C@H](COC)[C@]2(C)C3=C(C(O)C(O)[C@@H]12)[C@@H]1CCC2(OCCO2)[C@@]1(C)C[C@H]3O[Si](C)(C)C(C)(C)C. The molecular weight excluding hydrogens is 532 g/mol. The van der Waals surface area contributed by atoms with Crippen LogP contribution < -0.4 is 0 Å². The summed E-state index contributed by atoms with van der Waals surface area (Å²) in [6, 6.07) is 0. The van der Waals surface area contributed by atoms with Crippen LogP contribution in [0.5, 0.6) is 0 Å². The monoisotopic (exact) mass is 580 g/mol. The van der Waals surface area contributed by atoms with Gasteiger partial charge in [0, 0.05) is 30.3 Å². The van der Waals surface area contributed by atoms with E-state index in [-0.39, 0.29) is 23.1 Å². The Morgan fingerprint density at radius 2 is 1.77 bits per heavy atom. The molecular formula is C30H48O9Si. The van der Waals surface area contributed by atoms with Crippen LogP contribution in [0.1, 0.15) is 53.9 Å². The van der Waals surface area contributed by atoms with Crippen LogP contribution in [0.3, 0.4) is 0 Å². The van der Waals surface area contributed by atoms with Crippen LogP contribution in [-0.4, -0.2) is 88.7 Å². The van der Waals surface area contributed by atoms with Crippen molar-refractivity contribution in [3.05, 3.63) is 23.0 Å². The lowest BCUT2D eigenvalue weighted by molar-refractivity contribution is -0.235. The van der Waals surface area contributed by atoms with Crippen LogP contribution in [-0.2, 0) is 32.9 Å². The molecule has 2 aliphatic heterocycles. The van der Waals surface area contributed by atoms with Gasteiger partial charge >= 0.3 is 5.97 Å². The lowest BCUT2D eigenvalue weighted by Gasteiger charge is -2.61. The maximum atomic E-state index is 13.2. The molecule has 2 N–H and O–H groups in total. The molecule has 2 heterocycles. The lowest BCUT2D eigenvalue weighted by Crippen LogP contribution is -2.66. The van der Waals surface area contributed by atoms with Crippen molar-refractivity contribution in [1.82, 2.24) is 0 Å². The van der Waals surface area contributed by atoms with E-state index in [1.807, 2.05) is 6.92 Å². The van der Waals surface area contributed by atoms with Gasteiger partial charge in [-0.05, 0) is 48.0 Å². The second-order valence-electron chi connectivity index (χ2n) is 14.3. The van der Waals surface area contributed by atoms with E-state index in [4.69, 9.17) is 28.1 Å². The molecule has 0 amide bonds. The fourth-order valence-corrected chi connectivity index (χ4v) is 9.54. The van der Waals surface area contributed by atoms with E-state index in [9.17, 15) is 15.0 Å². The van der Waals surface area contributed by atoms with Crippen LogP contribution in [0.15, 0.2) is 23.0 Å². The summed E-state index contributed by atoms with van der Waals surface area (Å²) in [4.78, 5) is 13.2. The van der Waals surface area contributed by atoms with Gasteiger partial charge in [0.2, 0.25) is 0 Å². The number of ether oxygens (including phenoxy) is 5. The van der Waals surface area contributed by atoms with Crippen molar-refractivity contribution < 1.29 is 43.1 Å². The molecule has 226 valence electrons. The second-order valence-corrected chi connectivity index (χ2v) is 19.0. The Kier molecular flexibility index (Phi) is 7.47. The Labute approximate surface area is 239 Å². The van der Waals surface area contributed by atoms with Crippen molar-refractivity contribution in [2.24, 2.45) is 22.7 Å². The van der Waals surface area contributed by atoms with Gasteiger partial charge in [0.05, 0.1) is 51.0 Å². The average Bonchev–Trinajstić information content (AvgIpc) is 3.45. The first-order valence-electron chi connectivity index (χ1n) is 14.6. The first-order valence-corrected chi connectivity index (χ1v) is 17.5. The van der Waals surface area contributed by atoms with Gasteiger partial charge in [-0.25, -0.2) is 4.79 Å². The molecule has 0 bridgehead atoms. The molecule has 10 heteroatoms. The van der Waals surface area contributed by atoms with E-state index in [1.165, 1.54) is 13.4 Å². The fourth-order valence-electron chi connectivity index (χ4n) is 8.27. The summed E-state index contributed by atoms with van der Waals surface area (Å²) in [6.07, 6.45) is -0.129. The molecule has 3 fully saturated rings. The summed E-state index contributed by atoms with van der Waals surface area (Å²) in [5, 5.41) is 23.8. The number of aliphatic hydroxyl groups is 2. The summed E-state index contributed by atoms with van der Waals surface area (Å²) in [5.74, 6) is -2.21. The van der Waals surface area contributed by atoms with Crippen molar-refractivity contribution in [3.8, 4) is 0 Å². The summed E-state index contributed by atoms with van der Waals surface area (Å²) >= 11 is 0. The molecule has 0 aromatic rings. The van der Waals surface area contributed by atoms with E-state index >= 15 is 0 Å². The normalized spacial score (nSPS) is 42.1. The van der Waals surface area contributed by atoms with E-state index < -0.39 is 61.2 Å². The summed E-state index contributed by atoms with van der Waals surface area (Å²) in [6.45, 7) is 16.5. The van der Waals surface area contributed by atoms with Crippen molar-refractivity contribution in [1.29, 1.82) is 0 Å². The Morgan fingerprint density at radius 1 is 1.12 bits per heavy atom. The molecule has 2 saturated heterocycles. The zero-order chi connectivity index (χ0) is 29.5. The fraction of sp³-hybridized carbons (Fsp3) is 0.833. The molecule has 0 aromatic carbocycles. The molecule has 9 nitrogen and oxygen atoms in total. The van der Waals surface area contributed by atoms with Crippen LogP contribution in [0.25, 0.3) is 0 Å². The molecule has 0 radical (unpaired) electrons. The van der Waals surface area contributed by atoms with Crippen LogP contribution in [0.2, 0.25) is 18.1 Å². The Balaban J connectivity index is 1.77. The Hall–Kier alpha value is -1.27. The quantitative estimate of drug-likeness (QED) is 0.165. The summed E-state index contributed by atoms with van der Waals surface area (Å²) < 4.78 is 36.9. The van der Waals surface area contributed by atoms with Gasteiger partial charge in [0.1, 0.15) is 12.2 Å². The molecule has 5 rings (SSSR count). The number of cyclic esters (lactones) is 1. The molecule has 8 atom stereocenters. The standard InChI is InChI=1S/C30H48O9Si/c1-27(2,3)40(8,9)39-19-14-28(4)18(10-11-30(28)36-12-13-37-30)21-23(19)29(5)20(16-35-7)38-26(33)17(15-34-6)22(29)25(32)24(21)31/h15,18-20,22,24-25,31-32H,10-14,16H2,1-9H3/b17-15-/t18-,19+,20+,22+,24?,25?,28-,29-/m0/s1. The van der Waals surface area contributed by atoms with Gasteiger partial charge in [-0.2, -0.15) is 0 Å². The Bertz CT molecular complexity index is 1090. The van der Waals surface area contributed by atoms with E-state index in [0.29, 0.717) is 26.1 Å². The van der Waals surface area contributed by atoms with Gasteiger partial charge in [-0.1, -0.05) is 34.6 Å². The average molecular weight is 581 g/mol. The van der Waals surface area contributed by atoms with Crippen molar-refractivity contribution in [3.63, 3.8) is 0 Å². The number of hydrogen-bond donors (Lipinski definition) is 2. The first kappa shape index (κ1) is 30.2. The predicted molar refractivity (Wildman–Crippen MR) is 150 cm³/mol. The third-order valence-electron chi connectivity index (χ3n) is 11.3. The molecule has 0 aromatic heterocycles. The number of carbonyl (C=O) groups is 1.